The normalized spacial score (nSPS) is 23.7. The van der Waals surface area contributed by atoms with E-state index < -0.39 is 0 Å². The summed E-state index contributed by atoms with van der Waals surface area (Å²) in [6.07, 6.45) is 0. The van der Waals surface area contributed by atoms with E-state index in [9.17, 15) is 0 Å². The van der Waals surface area contributed by atoms with Gasteiger partial charge in [-0.1, -0.05) is 12.1 Å². The van der Waals surface area contributed by atoms with Crippen molar-refractivity contribution in [2.45, 2.75) is 25.4 Å². The number of hydrogen-bond acceptors (Lipinski definition) is 3. The quantitative estimate of drug-likeness (QED) is 0.808. The summed E-state index contributed by atoms with van der Waals surface area (Å²) < 4.78 is 0. The Morgan fingerprint density at radius 1 is 1.38 bits per heavy atom. The molecular formula is C13H16N2S. The van der Waals surface area contributed by atoms with Crippen molar-refractivity contribution < 1.29 is 0 Å². The number of benzene rings is 1. The fourth-order valence-corrected chi connectivity index (χ4v) is 3.18. The molecule has 0 saturated carbocycles. The SMILES string of the molecule is CC1(C)CSCC(c2ccc(C#N)cc2)N1. The summed E-state index contributed by atoms with van der Waals surface area (Å²) >= 11 is 1.99. The van der Waals surface area contributed by atoms with Crippen LogP contribution in [0.3, 0.4) is 0 Å². The minimum Gasteiger partial charge on any atom is -0.303 e. The van der Waals surface area contributed by atoms with Crippen LogP contribution in [0.2, 0.25) is 0 Å². The van der Waals surface area contributed by atoms with E-state index in [4.69, 9.17) is 5.26 Å². The van der Waals surface area contributed by atoms with Gasteiger partial charge in [-0.2, -0.15) is 17.0 Å². The highest BCUT2D eigenvalue weighted by atomic mass is 32.2. The van der Waals surface area contributed by atoms with Crippen LogP contribution in [-0.2, 0) is 0 Å². The molecule has 1 aromatic rings. The molecule has 0 spiro atoms. The average molecular weight is 232 g/mol. The molecule has 2 rings (SSSR count). The number of rotatable bonds is 1. The van der Waals surface area contributed by atoms with Gasteiger partial charge in [-0.25, -0.2) is 0 Å². The van der Waals surface area contributed by atoms with Gasteiger partial charge in [0.25, 0.3) is 0 Å². The van der Waals surface area contributed by atoms with E-state index in [-0.39, 0.29) is 5.54 Å². The average Bonchev–Trinajstić information content (AvgIpc) is 2.28. The number of nitriles is 1. The summed E-state index contributed by atoms with van der Waals surface area (Å²) in [5, 5.41) is 12.4. The van der Waals surface area contributed by atoms with Crippen molar-refractivity contribution in [3.05, 3.63) is 35.4 Å². The van der Waals surface area contributed by atoms with E-state index in [1.165, 1.54) is 5.56 Å². The summed E-state index contributed by atoms with van der Waals surface area (Å²) in [5.74, 6) is 2.26. The Balaban J connectivity index is 2.15. The van der Waals surface area contributed by atoms with Gasteiger partial charge in [0.05, 0.1) is 11.6 Å². The lowest BCUT2D eigenvalue weighted by Gasteiger charge is -2.37. The Kier molecular flexibility index (Phi) is 3.22. The molecule has 1 fully saturated rings. The smallest absolute Gasteiger partial charge is 0.0991 e. The van der Waals surface area contributed by atoms with Gasteiger partial charge in [0.2, 0.25) is 0 Å². The summed E-state index contributed by atoms with van der Waals surface area (Å²) in [6, 6.07) is 10.4. The molecule has 1 N–H and O–H groups in total. The van der Waals surface area contributed by atoms with Crippen LogP contribution < -0.4 is 5.32 Å². The third kappa shape index (κ3) is 2.58. The van der Waals surface area contributed by atoms with Crippen molar-refractivity contribution in [1.29, 1.82) is 5.26 Å². The lowest BCUT2D eigenvalue weighted by Crippen LogP contribution is -2.48. The van der Waals surface area contributed by atoms with Gasteiger partial charge in [-0.15, -0.1) is 0 Å². The van der Waals surface area contributed by atoms with Gasteiger partial charge in [-0.05, 0) is 31.5 Å². The van der Waals surface area contributed by atoms with E-state index in [2.05, 4.69) is 37.4 Å². The van der Waals surface area contributed by atoms with Crippen LogP contribution in [0.25, 0.3) is 0 Å². The molecular weight excluding hydrogens is 216 g/mol. The van der Waals surface area contributed by atoms with Crippen LogP contribution in [0.15, 0.2) is 24.3 Å². The Bertz CT molecular complexity index is 403. The fraction of sp³-hybridized carbons (Fsp3) is 0.462. The molecule has 16 heavy (non-hydrogen) atoms. The highest BCUT2D eigenvalue weighted by molar-refractivity contribution is 7.99. The largest absolute Gasteiger partial charge is 0.303 e. The minimum absolute atomic E-state index is 0.196. The van der Waals surface area contributed by atoms with Crippen LogP contribution in [0, 0.1) is 11.3 Å². The van der Waals surface area contributed by atoms with Gasteiger partial charge < -0.3 is 5.32 Å². The van der Waals surface area contributed by atoms with E-state index in [0.29, 0.717) is 6.04 Å². The molecule has 1 unspecified atom stereocenters. The molecule has 2 nitrogen and oxygen atoms in total. The van der Waals surface area contributed by atoms with Crippen molar-refractivity contribution in [2.75, 3.05) is 11.5 Å². The molecule has 0 aromatic heterocycles. The Morgan fingerprint density at radius 2 is 2.06 bits per heavy atom. The fourth-order valence-electron chi connectivity index (χ4n) is 1.96. The molecule has 84 valence electrons. The van der Waals surface area contributed by atoms with E-state index in [0.717, 1.165) is 17.1 Å². The third-order valence-electron chi connectivity index (χ3n) is 2.75. The first-order chi connectivity index (χ1) is 7.61. The summed E-state index contributed by atoms with van der Waals surface area (Å²) in [5.41, 5.74) is 2.20. The molecule has 0 bridgehead atoms. The minimum atomic E-state index is 0.196. The number of nitrogens with one attached hydrogen (secondary N) is 1. The first-order valence-corrected chi connectivity index (χ1v) is 6.62. The molecule has 0 amide bonds. The first kappa shape index (κ1) is 11.5. The first-order valence-electron chi connectivity index (χ1n) is 5.46. The van der Waals surface area contributed by atoms with Gasteiger partial charge in [0.15, 0.2) is 0 Å². The van der Waals surface area contributed by atoms with Crippen LogP contribution in [-0.4, -0.2) is 17.0 Å². The lowest BCUT2D eigenvalue weighted by atomic mass is 10.0. The van der Waals surface area contributed by atoms with Crippen molar-refractivity contribution in [3.8, 4) is 6.07 Å². The Labute approximate surface area is 101 Å². The zero-order valence-electron chi connectivity index (χ0n) is 9.66. The Hall–Kier alpha value is -0.980. The molecule has 1 atom stereocenters. The number of hydrogen-bond donors (Lipinski definition) is 1. The van der Waals surface area contributed by atoms with Crippen molar-refractivity contribution in [2.24, 2.45) is 0 Å². The summed E-state index contributed by atoms with van der Waals surface area (Å²) in [4.78, 5) is 0. The molecule has 1 aromatic carbocycles. The van der Waals surface area contributed by atoms with E-state index in [1.807, 2.05) is 23.9 Å². The van der Waals surface area contributed by atoms with Gasteiger partial charge in [0, 0.05) is 23.1 Å². The second-order valence-electron chi connectivity index (χ2n) is 4.83. The second-order valence-corrected chi connectivity index (χ2v) is 5.86. The highest BCUT2D eigenvalue weighted by Gasteiger charge is 2.27. The maximum atomic E-state index is 8.75. The van der Waals surface area contributed by atoms with Gasteiger partial charge >= 0.3 is 0 Å². The molecule has 1 aliphatic rings. The monoisotopic (exact) mass is 232 g/mol. The molecule has 1 aliphatic heterocycles. The second kappa shape index (κ2) is 4.48. The van der Waals surface area contributed by atoms with Gasteiger partial charge in [-0.3, -0.25) is 0 Å². The summed E-state index contributed by atoms with van der Waals surface area (Å²) in [6.45, 7) is 4.46. The predicted octanol–water partition coefficient (Wildman–Crippen LogP) is 2.71. The predicted molar refractivity (Wildman–Crippen MR) is 68.4 cm³/mol. The van der Waals surface area contributed by atoms with Crippen molar-refractivity contribution in [3.63, 3.8) is 0 Å². The number of thioether (sulfide) groups is 1. The summed E-state index contributed by atoms with van der Waals surface area (Å²) in [7, 11) is 0. The molecule has 1 heterocycles. The molecule has 1 saturated heterocycles. The number of nitrogens with zero attached hydrogens (tertiary/aromatic N) is 1. The van der Waals surface area contributed by atoms with Crippen LogP contribution in [0.4, 0.5) is 0 Å². The van der Waals surface area contributed by atoms with Crippen LogP contribution in [0.1, 0.15) is 31.0 Å². The topological polar surface area (TPSA) is 35.8 Å². The standard InChI is InChI=1S/C13H16N2S/c1-13(2)9-16-8-12(15-13)11-5-3-10(7-14)4-6-11/h3-6,12,15H,8-9H2,1-2H3. The zero-order valence-corrected chi connectivity index (χ0v) is 10.5. The van der Waals surface area contributed by atoms with Crippen molar-refractivity contribution in [1.82, 2.24) is 5.32 Å². The molecule has 0 aliphatic carbocycles. The van der Waals surface area contributed by atoms with Crippen molar-refractivity contribution >= 4 is 11.8 Å². The highest BCUT2D eigenvalue weighted by Crippen LogP contribution is 2.29. The maximum absolute atomic E-state index is 8.75. The third-order valence-corrected chi connectivity index (χ3v) is 4.25. The Morgan fingerprint density at radius 3 is 2.62 bits per heavy atom. The zero-order chi connectivity index (χ0) is 11.6. The lowest BCUT2D eigenvalue weighted by molar-refractivity contribution is 0.376. The van der Waals surface area contributed by atoms with E-state index >= 15 is 0 Å². The van der Waals surface area contributed by atoms with Crippen LogP contribution in [0.5, 0.6) is 0 Å². The molecule has 3 heteroatoms. The van der Waals surface area contributed by atoms with E-state index in [1.54, 1.807) is 0 Å². The van der Waals surface area contributed by atoms with Gasteiger partial charge in [0.1, 0.15) is 0 Å². The van der Waals surface area contributed by atoms with Crippen LogP contribution >= 0.6 is 11.8 Å². The maximum Gasteiger partial charge on any atom is 0.0991 e. The molecule has 0 radical (unpaired) electrons.